The minimum absolute atomic E-state index is 0.642. The fraction of sp³-hybridized carbons (Fsp3) is 0.571. The average molecular weight is 272 g/mol. The van der Waals surface area contributed by atoms with Crippen LogP contribution in [-0.2, 0) is 4.79 Å². The van der Waals surface area contributed by atoms with Gasteiger partial charge in [0.25, 0.3) is 6.08 Å². The van der Waals surface area contributed by atoms with Gasteiger partial charge in [0, 0.05) is 6.92 Å². The maximum Gasteiger partial charge on any atom is 0.376 e. The number of rotatable bonds is 4. The van der Waals surface area contributed by atoms with E-state index in [2.05, 4.69) is 0 Å². The summed E-state index contributed by atoms with van der Waals surface area (Å²) in [7, 11) is 0. The molecule has 0 heterocycles. The van der Waals surface area contributed by atoms with Gasteiger partial charge in [0.05, 0.1) is 0 Å². The molecule has 0 bridgehead atoms. The van der Waals surface area contributed by atoms with Crippen molar-refractivity contribution in [3.8, 4) is 0 Å². The fourth-order valence-electron chi connectivity index (χ4n) is 0.766. The van der Waals surface area contributed by atoms with Gasteiger partial charge in [-0.1, -0.05) is 0 Å². The molecule has 0 atom stereocenters. The van der Waals surface area contributed by atoms with E-state index in [0.29, 0.717) is 0 Å². The highest BCUT2D eigenvalue weighted by molar-refractivity contribution is 5.89. The summed E-state index contributed by atoms with van der Waals surface area (Å²) in [5, 5.41) is 7.91. The van der Waals surface area contributed by atoms with Gasteiger partial charge in [-0.15, -0.1) is 0 Å². The van der Waals surface area contributed by atoms with Gasteiger partial charge in [-0.3, -0.25) is 0 Å². The third-order valence-corrected chi connectivity index (χ3v) is 1.66. The summed E-state index contributed by atoms with van der Waals surface area (Å²) in [5.41, 5.74) is -3.36. The second-order valence-corrected chi connectivity index (χ2v) is 2.98. The molecule has 100 valence electrons. The molecule has 2 nitrogen and oxygen atoms in total. The smallest absolute Gasteiger partial charge is 0.376 e. The predicted octanol–water partition coefficient (Wildman–Crippen LogP) is 3.15. The molecule has 0 aliphatic heterocycles. The molecule has 17 heavy (non-hydrogen) atoms. The van der Waals surface area contributed by atoms with Crippen molar-refractivity contribution in [1.82, 2.24) is 0 Å². The molecule has 0 aliphatic carbocycles. The first-order valence-electron chi connectivity index (χ1n) is 3.69. The van der Waals surface area contributed by atoms with Crippen LogP contribution in [0.3, 0.4) is 0 Å². The van der Waals surface area contributed by atoms with Crippen molar-refractivity contribution < 1.29 is 45.0 Å². The normalized spacial score (nSPS) is 13.5. The van der Waals surface area contributed by atoms with E-state index in [1.54, 1.807) is 0 Å². The Morgan fingerprint density at radius 3 is 1.53 bits per heavy atom. The van der Waals surface area contributed by atoms with Crippen LogP contribution in [-0.4, -0.2) is 28.8 Å². The molecule has 0 saturated carbocycles. The van der Waals surface area contributed by atoms with Gasteiger partial charge in [0.2, 0.25) is 0 Å². The van der Waals surface area contributed by atoms with E-state index >= 15 is 0 Å². The molecule has 0 aromatic heterocycles. The highest BCUT2D eigenvalue weighted by atomic mass is 19.3. The Bertz CT molecular complexity index is 349. The van der Waals surface area contributed by atoms with Gasteiger partial charge in [-0.05, 0) is 0 Å². The number of aliphatic carboxylic acids is 1. The fourth-order valence-corrected chi connectivity index (χ4v) is 0.766. The van der Waals surface area contributed by atoms with Crippen molar-refractivity contribution in [2.45, 2.75) is 24.7 Å². The predicted molar refractivity (Wildman–Crippen MR) is 37.4 cm³/mol. The summed E-state index contributed by atoms with van der Waals surface area (Å²) in [4.78, 5) is 9.97. The lowest BCUT2D eigenvalue weighted by Gasteiger charge is -2.30. The second kappa shape index (κ2) is 4.15. The second-order valence-electron chi connectivity index (χ2n) is 2.98. The number of carboxylic acids is 1. The molecule has 10 heteroatoms. The molecule has 0 aromatic carbocycles. The van der Waals surface area contributed by atoms with Gasteiger partial charge in [0.15, 0.2) is 5.57 Å². The van der Waals surface area contributed by atoms with Gasteiger partial charge in [-0.25, -0.2) is 4.79 Å². The Kier molecular flexibility index (Phi) is 3.82. The van der Waals surface area contributed by atoms with Crippen LogP contribution in [0.1, 0.15) is 6.92 Å². The first-order valence-corrected chi connectivity index (χ1v) is 3.69. The SMILES string of the molecule is CC(F)(F)C(F)(F)C(F)(F)C(C(=O)O)=C(F)F. The summed E-state index contributed by atoms with van der Waals surface area (Å²) in [5.74, 6) is -21.0. The highest BCUT2D eigenvalue weighted by Gasteiger charge is 2.72. The van der Waals surface area contributed by atoms with Crippen LogP contribution in [0.4, 0.5) is 35.1 Å². The Morgan fingerprint density at radius 1 is 1.00 bits per heavy atom. The van der Waals surface area contributed by atoms with Crippen LogP contribution in [0.2, 0.25) is 0 Å². The Hall–Kier alpha value is -1.35. The van der Waals surface area contributed by atoms with E-state index in [1.165, 1.54) is 0 Å². The van der Waals surface area contributed by atoms with E-state index in [-0.39, 0.29) is 0 Å². The number of alkyl halides is 6. The summed E-state index contributed by atoms with van der Waals surface area (Å²) < 4.78 is 98.5. The van der Waals surface area contributed by atoms with Crippen molar-refractivity contribution in [3.05, 3.63) is 11.7 Å². The van der Waals surface area contributed by atoms with Crippen LogP contribution in [0.25, 0.3) is 0 Å². The van der Waals surface area contributed by atoms with Crippen molar-refractivity contribution in [2.75, 3.05) is 0 Å². The first-order chi connectivity index (χ1) is 7.26. The Balaban J connectivity index is 5.88. The molecule has 0 rings (SSSR count). The zero-order chi connectivity index (χ0) is 14.2. The zero-order valence-electron chi connectivity index (χ0n) is 7.88. The molecule has 0 aromatic rings. The third kappa shape index (κ3) is 2.50. The van der Waals surface area contributed by atoms with Crippen LogP contribution in [0.5, 0.6) is 0 Å². The topological polar surface area (TPSA) is 37.3 Å². The maximum atomic E-state index is 12.7. The van der Waals surface area contributed by atoms with Gasteiger partial charge < -0.3 is 5.11 Å². The Morgan fingerprint density at radius 2 is 1.35 bits per heavy atom. The maximum absolute atomic E-state index is 12.7. The van der Waals surface area contributed by atoms with Crippen molar-refractivity contribution in [1.29, 1.82) is 0 Å². The van der Waals surface area contributed by atoms with Gasteiger partial charge >= 0.3 is 23.7 Å². The van der Waals surface area contributed by atoms with Crippen molar-refractivity contribution in [2.24, 2.45) is 0 Å². The quantitative estimate of drug-likeness (QED) is 0.630. The lowest BCUT2D eigenvalue weighted by atomic mass is 9.99. The molecular formula is C7H4F8O2. The number of carbonyl (C=O) groups is 1. The van der Waals surface area contributed by atoms with E-state index in [9.17, 15) is 39.9 Å². The van der Waals surface area contributed by atoms with Crippen LogP contribution in [0.15, 0.2) is 11.7 Å². The molecular weight excluding hydrogens is 268 g/mol. The number of hydrogen-bond acceptors (Lipinski definition) is 1. The minimum Gasteiger partial charge on any atom is -0.478 e. The van der Waals surface area contributed by atoms with Gasteiger partial charge in [-0.2, -0.15) is 35.1 Å². The summed E-state index contributed by atoms with van der Waals surface area (Å²) in [6.07, 6.45) is -3.67. The van der Waals surface area contributed by atoms with Crippen LogP contribution in [0, 0.1) is 0 Å². The summed E-state index contributed by atoms with van der Waals surface area (Å²) in [6.45, 7) is -0.642. The summed E-state index contributed by atoms with van der Waals surface area (Å²) in [6, 6.07) is 0. The molecule has 0 saturated heterocycles. The zero-order valence-corrected chi connectivity index (χ0v) is 7.88. The van der Waals surface area contributed by atoms with Gasteiger partial charge in [0.1, 0.15) is 0 Å². The molecule has 1 N–H and O–H groups in total. The molecule has 0 radical (unpaired) electrons. The monoisotopic (exact) mass is 272 g/mol. The lowest BCUT2D eigenvalue weighted by Crippen LogP contribution is -2.54. The van der Waals surface area contributed by atoms with Crippen LogP contribution >= 0.6 is 0 Å². The van der Waals surface area contributed by atoms with E-state index < -0.39 is 42.3 Å². The molecule has 0 fully saturated rings. The summed E-state index contributed by atoms with van der Waals surface area (Å²) >= 11 is 0. The van der Waals surface area contributed by atoms with E-state index in [1.807, 2.05) is 0 Å². The first kappa shape index (κ1) is 15.7. The Labute approximate surface area is 88.5 Å². The lowest BCUT2D eigenvalue weighted by molar-refractivity contribution is -0.289. The van der Waals surface area contributed by atoms with Crippen LogP contribution < -0.4 is 0 Å². The molecule has 0 aliphatic rings. The van der Waals surface area contributed by atoms with E-state index in [0.717, 1.165) is 0 Å². The number of hydrogen-bond donors (Lipinski definition) is 1. The standard InChI is InChI=1S/C7H4F8O2/c1-5(10,11)7(14,15)6(12,13)2(3(8)9)4(16)17/h1H3,(H,16,17). The van der Waals surface area contributed by atoms with Crippen molar-refractivity contribution >= 4 is 5.97 Å². The highest BCUT2D eigenvalue weighted by Crippen LogP contribution is 2.49. The number of carboxylic acid groups (broad SMARTS) is 1. The number of halogens is 8. The minimum atomic E-state index is -6.27. The third-order valence-electron chi connectivity index (χ3n) is 1.66. The molecule has 0 amide bonds. The largest absolute Gasteiger partial charge is 0.478 e. The molecule has 0 unspecified atom stereocenters. The van der Waals surface area contributed by atoms with Crippen molar-refractivity contribution in [3.63, 3.8) is 0 Å². The van der Waals surface area contributed by atoms with E-state index in [4.69, 9.17) is 5.11 Å². The average Bonchev–Trinajstić information content (AvgIpc) is 1.98. The molecule has 0 spiro atoms.